The molecule has 0 N–H and O–H groups in total. The molecule has 134 valence electrons. The average molecular weight is 344 g/mol. The van der Waals surface area contributed by atoms with Gasteiger partial charge in [0.2, 0.25) is 5.89 Å². The van der Waals surface area contributed by atoms with Crippen molar-refractivity contribution in [3.8, 4) is 0 Å². The highest BCUT2D eigenvalue weighted by Crippen LogP contribution is 2.38. The Morgan fingerprint density at radius 1 is 1.36 bits per heavy atom. The van der Waals surface area contributed by atoms with Gasteiger partial charge in [-0.1, -0.05) is 17.3 Å². The van der Waals surface area contributed by atoms with Gasteiger partial charge in [0.15, 0.2) is 5.82 Å². The van der Waals surface area contributed by atoms with Gasteiger partial charge in [0.25, 0.3) is 0 Å². The molecule has 0 radical (unpaired) electrons. The first-order valence-corrected chi connectivity index (χ1v) is 9.12. The van der Waals surface area contributed by atoms with Gasteiger partial charge in [0, 0.05) is 31.1 Å². The van der Waals surface area contributed by atoms with Crippen molar-refractivity contribution >= 4 is 0 Å². The van der Waals surface area contributed by atoms with Gasteiger partial charge in [0.1, 0.15) is 5.82 Å². The lowest BCUT2D eigenvalue weighted by Gasteiger charge is -2.27. The van der Waals surface area contributed by atoms with Gasteiger partial charge in [0.05, 0.1) is 6.54 Å². The van der Waals surface area contributed by atoms with Crippen LogP contribution in [0.2, 0.25) is 0 Å². The van der Waals surface area contributed by atoms with Crippen molar-refractivity contribution in [3.63, 3.8) is 0 Å². The van der Waals surface area contributed by atoms with Crippen LogP contribution in [0.1, 0.15) is 55.4 Å². The molecule has 0 amide bonds. The van der Waals surface area contributed by atoms with Crippen LogP contribution in [0, 0.1) is 5.82 Å². The first-order chi connectivity index (χ1) is 12.1. The molecule has 0 unspecified atom stereocenters. The SMILES string of the molecule is C[C@@H](c1cccc(F)c1)N1CC[C@@H](N(C)Cc2noc(C3CC3)n2)C1. The first kappa shape index (κ1) is 16.7. The Bertz CT molecular complexity index is 730. The minimum absolute atomic E-state index is 0.166. The van der Waals surface area contributed by atoms with E-state index in [0.717, 1.165) is 36.8 Å². The standard InChI is InChI=1S/C19H25FN4O/c1-13(15-4-3-5-16(20)10-15)24-9-8-17(11-24)23(2)12-18-21-19(25-22-18)14-6-7-14/h3-5,10,13-14,17H,6-9,11-12H2,1-2H3/t13-,17+/m0/s1. The van der Waals surface area contributed by atoms with Crippen molar-refractivity contribution in [2.75, 3.05) is 20.1 Å². The van der Waals surface area contributed by atoms with Crippen molar-refractivity contribution in [2.24, 2.45) is 0 Å². The second-order valence-corrected chi connectivity index (χ2v) is 7.41. The lowest BCUT2D eigenvalue weighted by Crippen LogP contribution is -2.35. The molecular formula is C19H25FN4O. The molecule has 1 aliphatic carbocycles. The van der Waals surface area contributed by atoms with Crippen LogP contribution < -0.4 is 0 Å². The maximum absolute atomic E-state index is 13.5. The molecule has 6 heteroatoms. The quantitative estimate of drug-likeness (QED) is 0.804. The minimum Gasteiger partial charge on any atom is -0.339 e. The third-order valence-electron chi connectivity index (χ3n) is 5.50. The summed E-state index contributed by atoms with van der Waals surface area (Å²) in [6, 6.07) is 7.61. The number of benzene rings is 1. The average Bonchev–Trinajstić information content (AvgIpc) is 3.15. The van der Waals surface area contributed by atoms with E-state index >= 15 is 0 Å². The zero-order valence-corrected chi connectivity index (χ0v) is 14.9. The summed E-state index contributed by atoms with van der Waals surface area (Å²) in [7, 11) is 2.12. The maximum atomic E-state index is 13.5. The van der Waals surface area contributed by atoms with Crippen molar-refractivity contribution in [2.45, 2.75) is 50.7 Å². The van der Waals surface area contributed by atoms with Crippen molar-refractivity contribution in [1.82, 2.24) is 19.9 Å². The second kappa shape index (κ2) is 6.84. The fourth-order valence-corrected chi connectivity index (χ4v) is 3.64. The summed E-state index contributed by atoms with van der Waals surface area (Å²) in [6.45, 7) is 4.86. The molecule has 5 nitrogen and oxygen atoms in total. The Balaban J connectivity index is 1.34. The summed E-state index contributed by atoms with van der Waals surface area (Å²) in [5.41, 5.74) is 1.04. The summed E-state index contributed by atoms with van der Waals surface area (Å²) >= 11 is 0. The molecule has 0 bridgehead atoms. The summed E-state index contributed by atoms with van der Waals surface area (Å²) in [6.07, 6.45) is 3.45. The van der Waals surface area contributed by atoms with Crippen LogP contribution in [-0.2, 0) is 6.54 Å². The number of nitrogens with zero attached hydrogens (tertiary/aromatic N) is 4. The monoisotopic (exact) mass is 344 g/mol. The van der Waals surface area contributed by atoms with Crippen LogP contribution in [0.3, 0.4) is 0 Å². The van der Waals surface area contributed by atoms with Gasteiger partial charge >= 0.3 is 0 Å². The molecule has 2 aliphatic rings. The normalized spacial score (nSPS) is 22.6. The zero-order valence-electron chi connectivity index (χ0n) is 14.9. The highest BCUT2D eigenvalue weighted by atomic mass is 19.1. The van der Waals surface area contributed by atoms with E-state index in [1.54, 1.807) is 12.1 Å². The molecule has 1 saturated carbocycles. The molecular weight excluding hydrogens is 319 g/mol. The molecule has 25 heavy (non-hydrogen) atoms. The third-order valence-corrected chi connectivity index (χ3v) is 5.50. The summed E-state index contributed by atoms with van der Waals surface area (Å²) in [5.74, 6) is 1.92. The van der Waals surface area contributed by atoms with Crippen molar-refractivity contribution in [1.29, 1.82) is 0 Å². The maximum Gasteiger partial charge on any atom is 0.229 e. The topological polar surface area (TPSA) is 45.4 Å². The summed E-state index contributed by atoms with van der Waals surface area (Å²) < 4.78 is 18.8. The predicted octanol–water partition coefficient (Wildman–Crippen LogP) is 3.35. The number of aromatic nitrogens is 2. The van der Waals surface area contributed by atoms with Gasteiger partial charge in [-0.3, -0.25) is 9.80 Å². The van der Waals surface area contributed by atoms with Gasteiger partial charge in [-0.2, -0.15) is 4.98 Å². The van der Waals surface area contributed by atoms with E-state index < -0.39 is 0 Å². The van der Waals surface area contributed by atoms with Gasteiger partial charge in [-0.15, -0.1) is 0 Å². The van der Waals surface area contributed by atoms with Gasteiger partial charge < -0.3 is 4.52 Å². The second-order valence-electron chi connectivity index (χ2n) is 7.41. The van der Waals surface area contributed by atoms with Gasteiger partial charge in [-0.25, -0.2) is 4.39 Å². The van der Waals surface area contributed by atoms with Crippen molar-refractivity contribution < 1.29 is 8.91 Å². The highest BCUT2D eigenvalue weighted by Gasteiger charge is 2.32. The van der Waals surface area contributed by atoms with E-state index in [1.165, 1.54) is 18.9 Å². The smallest absolute Gasteiger partial charge is 0.229 e. The van der Waals surface area contributed by atoms with E-state index in [9.17, 15) is 4.39 Å². The van der Waals surface area contributed by atoms with Crippen LogP contribution in [0.15, 0.2) is 28.8 Å². The highest BCUT2D eigenvalue weighted by molar-refractivity contribution is 5.20. The van der Waals surface area contributed by atoms with Crippen molar-refractivity contribution in [3.05, 3.63) is 47.4 Å². The minimum atomic E-state index is -0.166. The van der Waals surface area contributed by atoms with Gasteiger partial charge in [-0.05, 0) is 50.9 Å². The Kier molecular flexibility index (Phi) is 4.56. The number of likely N-dealkylation sites (tertiary alicyclic amines) is 1. The molecule has 1 aliphatic heterocycles. The van der Waals surface area contributed by atoms with E-state index in [1.807, 2.05) is 6.07 Å². The van der Waals surface area contributed by atoms with E-state index in [-0.39, 0.29) is 11.9 Å². The Morgan fingerprint density at radius 3 is 2.96 bits per heavy atom. The summed E-state index contributed by atoms with van der Waals surface area (Å²) in [5, 5.41) is 4.12. The first-order valence-electron chi connectivity index (χ1n) is 9.12. The predicted molar refractivity (Wildman–Crippen MR) is 92.5 cm³/mol. The lowest BCUT2D eigenvalue weighted by molar-refractivity contribution is 0.198. The van der Waals surface area contributed by atoms with Crippen LogP contribution in [0.4, 0.5) is 4.39 Å². The molecule has 0 spiro atoms. The molecule has 1 aromatic heterocycles. The fraction of sp³-hybridized carbons (Fsp3) is 0.579. The molecule has 4 rings (SSSR count). The zero-order chi connectivity index (χ0) is 17.4. The number of hydrogen-bond donors (Lipinski definition) is 0. The molecule has 2 aromatic rings. The number of hydrogen-bond acceptors (Lipinski definition) is 5. The fourth-order valence-electron chi connectivity index (χ4n) is 3.64. The summed E-state index contributed by atoms with van der Waals surface area (Å²) in [4.78, 5) is 9.24. The molecule has 2 heterocycles. The van der Waals surface area contributed by atoms with E-state index in [0.29, 0.717) is 18.5 Å². The van der Waals surface area contributed by atoms with Crippen LogP contribution in [0.5, 0.6) is 0 Å². The third kappa shape index (κ3) is 3.75. The van der Waals surface area contributed by atoms with E-state index in [2.05, 4.69) is 33.9 Å². The molecule has 1 saturated heterocycles. The van der Waals surface area contributed by atoms with Crippen LogP contribution in [0.25, 0.3) is 0 Å². The Morgan fingerprint density at radius 2 is 2.20 bits per heavy atom. The Hall–Kier alpha value is -1.79. The van der Waals surface area contributed by atoms with E-state index in [4.69, 9.17) is 4.52 Å². The molecule has 2 fully saturated rings. The molecule has 1 aromatic carbocycles. The number of rotatable bonds is 6. The largest absolute Gasteiger partial charge is 0.339 e. The lowest BCUT2D eigenvalue weighted by atomic mass is 10.1. The molecule has 2 atom stereocenters. The number of halogens is 1. The van der Waals surface area contributed by atoms with Crippen LogP contribution >= 0.6 is 0 Å². The Labute approximate surface area is 147 Å². The van der Waals surface area contributed by atoms with Crippen LogP contribution in [-0.4, -0.2) is 46.1 Å². The number of likely N-dealkylation sites (N-methyl/N-ethyl adjacent to an activating group) is 1.